The summed E-state index contributed by atoms with van der Waals surface area (Å²) in [5, 5.41) is 9.80. The van der Waals surface area contributed by atoms with E-state index in [0.717, 1.165) is 21.2 Å². The van der Waals surface area contributed by atoms with E-state index in [-0.39, 0.29) is 5.75 Å². The molecule has 0 spiro atoms. The molecule has 0 bridgehead atoms. The summed E-state index contributed by atoms with van der Waals surface area (Å²) in [5.41, 5.74) is 8.42. The SMILES string of the molecule is NCc1ccc(Br)c(-c2ccccc2O)c1. The molecule has 0 saturated heterocycles. The van der Waals surface area contributed by atoms with Crippen LogP contribution in [0.3, 0.4) is 0 Å². The number of phenolic OH excluding ortho intramolecular Hbond substituents is 1. The predicted octanol–water partition coefficient (Wildman–Crippen LogP) is 3.28. The maximum Gasteiger partial charge on any atom is 0.123 e. The van der Waals surface area contributed by atoms with Crippen molar-refractivity contribution in [2.45, 2.75) is 6.54 Å². The molecule has 0 aliphatic heterocycles. The first-order valence-corrected chi connectivity index (χ1v) is 5.78. The summed E-state index contributed by atoms with van der Waals surface area (Å²) in [7, 11) is 0. The molecule has 3 heteroatoms. The van der Waals surface area contributed by atoms with Crippen LogP contribution in [-0.2, 0) is 6.54 Å². The van der Waals surface area contributed by atoms with Crippen molar-refractivity contribution < 1.29 is 5.11 Å². The molecule has 3 N–H and O–H groups in total. The van der Waals surface area contributed by atoms with Gasteiger partial charge in [0, 0.05) is 16.6 Å². The van der Waals surface area contributed by atoms with Gasteiger partial charge in [-0.3, -0.25) is 0 Å². The lowest BCUT2D eigenvalue weighted by molar-refractivity contribution is 0.477. The first-order valence-electron chi connectivity index (χ1n) is 4.99. The van der Waals surface area contributed by atoms with Gasteiger partial charge in [-0.05, 0) is 29.3 Å². The molecule has 0 radical (unpaired) electrons. The molecular weight excluding hydrogens is 266 g/mol. The number of para-hydroxylation sites is 1. The molecule has 2 nitrogen and oxygen atoms in total. The van der Waals surface area contributed by atoms with E-state index in [0.29, 0.717) is 6.54 Å². The number of phenols is 1. The summed E-state index contributed by atoms with van der Waals surface area (Å²) < 4.78 is 0.950. The highest BCUT2D eigenvalue weighted by Crippen LogP contribution is 2.34. The van der Waals surface area contributed by atoms with Crippen LogP contribution in [0.4, 0.5) is 0 Å². The van der Waals surface area contributed by atoms with Gasteiger partial charge in [0.25, 0.3) is 0 Å². The second-order valence-electron chi connectivity index (χ2n) is 3.54. The Hall–Kier alpha value is -1.32. The van der Waals surface area contributed by atoms with Crippen LogP contribution in [0.5, 0.6) is 5.75 Å². The quantitative estimate of drug-likeness (QED) is 0.885. The molecule has 0 aliphatic carbocycles. The van der Waals surface area contributed by atoms with Gasteiger partial charge < -0.3 is 10.8 Å². The number of benzene rings is 2. The van der Waals surface area contributed by atoms with E-state index in [1.165, 1.54) is 0 Å². The number of halogens is 1. The summed E-state index contributed by atoms with van der Waals surface area (Å²) in [5.74, 6) is 0.275. The molecule has 0 aromatic heterocycles. The summed E-state index contributed by atoms with van der Waals surface area (Å²) >= 11 is 3.48. The molecule has 0 unspecified atom stereocenters. The number of hydrogen-bond donors (Lipinski definition) is 2. The molecule has 0 aliphatic rings. The van der Waals surface area contributed by atoms with E-state index in [2.05, 4.69) is 15.9 Å². The highest BCUT2D eigenvalue weighted by molar-refractivity contribution is 9.10. The third kappa shape index (κ3) is 2.10. The highest BCUT2D eigenvalue weighted by atomic mass is 79.9. The van der Waals surface area contributed by atoms with Gasteiger partial charge in [-0.15, -0.1) is 0 Å². The van der Waals surface area contributed by atoms with Gasteiger partial charge in [-0.2, -0.15) is 0 Å². The summed E-state index contributed by atoms with van der Waals surface area (Å²) in [6.07, 6.45) is 0. The number of aromatic hydroxyl groups is 1. The summed E-state index contributed by atoms with van der Waals surface area (Å²) in [6.45, 7) is 0.494. The largest absolute Gasteiger partial charge is 0.507 e. The van der Waals surface area contributed by atoms with Gasteiger partial charge in [-0.25, -0.2) is 0 Å². The van der Waals surface area contributed by atoms with Gasteiger partial charge >= 0.3 is 0 Å². The van der Waals surface area contributed by atoms with Crippen LogP contribution in [0.2, 0.25) is 0 Å². The number of nitrogens with two attached hydrogens (primary N) is 1. The van der Waals surface area contributed by atoms with E-state index in [1.807, 2.05) is 30.3 Å². The van der Waals surface area contributed by atoms with Crippen LogP contribution in [0.15, 0.2) is 46.9 Å². The first-order chi connectivity index (χ1) is 7.72. The Morgan fingerprint density at radius 3 is 2.50 bits per heavy atom. The molecule has 2 aromatic rings. The minimum atomic E-state index is 0.275. The minimum Gasteiger partial charge on any atom is -0.507 e. The van der Waals surface area contributed by atoms with E-state index in [1.54, 1.807) is 12.1 Å². The van der Waals surface area contributed by atoms with Crippen molar-refractivity contribution in [3.05, 3.63) is 52.5 Å². The van der Waals surface area contributed by atoms with Crippen molar-refractivity contribution in [2.24, 2.45) is 5.73 Å². The van der Waals surface area contributed by atoms with E-state index < -0.39 is 0 Å². The lowest BCUT2D eigenvalue weighted by Gasteiger charge is -2.08. The van der Waals surface area contributed by atoms with E-state index in [4.69, 9.17) is 5.73 Å². The molecule has 16 heavy (non-hydrogen) atoms. The van der Waals surface area contributed by atoms with Crippen LogP contribution >= 0.6 is 15.9 Å². The predicted molar refractivity (Wildman–Crippen MR) is 69.1 cm³/mol. The maximum atomic E-state index is 9.80. The van der Waals surface area contributed by atoms with Gasteiger partial charge in [0.05, 0.1) is 0 Å². The number of hydrogen-bond acceptors (Lipinski definition) is 2. The van der Waals surface area contributed by atoms with Crippen LogP contribution < -0.4 is 5.73 Å². The van der Waals surface area contributed by atoms with Crippen molar-refractivity contribution in [1.29, 1.82) is 0 Å². The first kappa shape index (κ1) is 11.2. The third-order valence-electron chi connectivity index (χ3n) is 2.46. The van der Waals surface area contributed by atoms with Crippen molar-refractivity contribution in [1.82, 2.24) is 0 Å². The van der Waals surface area contributed by atoms with Crippen molar-refractivity contribution in [3.8, 4) is 16.9 Å². The lowest BCUT2D eigenvalue weighted by atomic mass is 10.0. The van der Waals surface area contributed by atoms with Gasteiger partial charge in [0.2, 0.25) is 0 Å². The van der Waals surface area contributed by atoms with Crippen molar-refractivity contribution in [2.75, 3.05) is 0 Å². The molecule has 0 heterocycles. The highest BCUT2D eigenvalue weighted by Gasteiger charge is 2.07. The van der Waals surface area contributed by atoms with Crippen LogP contribution in [-0.4, -0.2) is 5.11 Å². The van der Waals surface area contributed by atoms with Crippen LogP contribution in [0.1, 0.15) is 5.56 Å². The van der Waals surface area contributed by atoms with Crippen molar-refractivity contribution in [3.63, 3.8) is 0 Å². The zero-order valence-electron chi connectivity index (χ0n) is 8.65. The molecule has 2 aromatic carbocycles. The summed E-state index contributed by atoms with van der Waals surface area (Å²) in [4.78, 5) is 0. The smallest absolute Gasteiger partial charge is 0.123 e. The molecule has 2 rings (SSSR count). The maximum absolute atomic E-state index is 9.80. The summed E-state index contributed by atoms with van der Waals surface area (Å²) in [6, 6.07) is 13.2. The minimum absolute atomic E-state index is 0.275. The molecule has 82 valence electrons. The van der Waals surface area contributed by atoms with Gasteiger partial charge in [0.1, 0.15) is 5.75 Å². The van der Waals surface area contributed by atoms with E-state index >= 15 is 0 Å². The fraction of sp³-hybridized carbons (Fsp3) is 0.0769. The topological polar surface area (TPSA) is 46.2 Å². The Morgan fingerprint density at radius 2 is 1.81 bits per heavy atom. The Kier molecular flexibility index (Phi) is 3.27. The fourth-order valence-electron chi connectivity index (χ4n) is 1.61. The second-order valence-corrected chi connectivity index (χ2v) is 4.39. The van der Waals surface area contributed by atoms with Crippen LogP contribution in [0.25, 0.3) is 11.1 Å². The molecule has 0 saturated carbocycles. The van der Waals surface area contributed by atoms with Crippen molar-refractivity contribution >= 4 is 15.9 Å². The zero-order valence-corrected chi connectivity index (χ0v) is 10.2. The van der Waals surface area contributed by atoms with E-state index in [9.17, 15) is 5.11 Å². The Balaban J connectivity index is 2.59. The average Bonchev–Trinajstić information content (AvgIpc) is 2.31. The molecular formula is C13H12BrNO. The second kappa shape index (κ2) is 4.68. The third-order valence-corrected chi connectivity index (χ3v) is 3.15. The Labute approximate surface area is 103 Å². The van der Waals surface area contributed by atoms with Gasteiger partial charge in [0.15, 0.2) is 0 Å². The monoisotopic (exact) mass is 277 g/mol. The molecule has 0 fully saturated rings. The Morgan fingerprint density at radius 1 is 1.06 bits per heavy atom. The Bertz CT molecular complexity index is 511. The fourth-order valence-corrected chi connectivity index (χ4v) is 2.07. The number of rotatable bonds is 2. The standard InChI is InChI=1S/C13H12BrNO/c14-12-6-5-9(8-15)7-11(12)10-3-1-2-4-13(10)16/h1-7,16H,8,15H2. The van der Waals surface area contributed by atoms with Gasteiger partial charge in [-0.1, -0.05) is 40.2 Å². The van der Waals surface area contributed by atoms with Crippen LogP contribution in [0, 0.1) is 0 Å². The average molecular weight is 278 g/mol. The zero-order chi connectivity index (χ0) is 11.5. The lowest BCUT2D eigenvalue weighted by Crippen LogP contribution is -1.96. The normalized spacial score (nSPS) is 10.4. The molecule has 0 atom stereocenters. The molecule has 0 amide bonds.